The van der Waals surface area contributed by atoms with E-state index in [1.54, 1.807) is 7.11 Å². The van der Waals surface area contributed by atoms with E-state index in [2.05, 4.69) is 21.2 Å². The molecule has 1 N–H and O–H groups in total. The molecule has 2 aromatic rings. The summed E-state index contributed by atoms with van der Waals surface area (Å²) in [7, 11) is 1.60. The minimum absolute atomic E-state index is 0.00388. The van der Waals surface area contributed by atoms with Crippen molar-refractivity contribution in [1.82, 2.24) is 5.32 Å². The Morgan fingerprint density at radius 1 is 1.24 bits per heavy atom. The van der Waals surface area contributed by atoms with E-state index in [1.807, 2.05) is 43.3 Å². The highest BCUT2D eigenvalue weighted by atomic mass is 79.9. The predicted octanol–water partition coefficient (Wildman–Crippen LogP) is 3.13. The molecule has 21 heavy (non-hydrogen) atoms. The standard InChI is InChI=1S/C16H18BrNO3/c1-11(9-20-2)18-16(19)10-21-15-6-4-12-7-14(17)5-3-13(12)8-15/h3-8,11H,9-10H2,1-2H3,(H,18,19)/t11-/m1/s1. The zero-order valence-electron chi connectivity index (χ0n) is 12.1. The lowest BCUT2D eigenvalue weighted by atomic mass is 10.1. The van der Waals surface area contributed by atoms with Gasteiger partial charge in [0, 0.05) is 17.6 Å². The molecule has 5 heteroatoms. The molecule has 0 aromatic heterocycles. The van der Waals surface area contributed by atoms with Crippen LogP contribution < -0.4 is 10.1 Å². The highest BCUT2D eigenvalue weighted by Crippen LogP contribution is 2.24. The van der Waals surface area contributed by atoms with Gasteiger partial charge in [-0.15, -0.1) is 0 Å². The maximum Gasteiger partial charge on any atom is 0.258 e. The van der Waals surface area contributed by atoms with Gasteiger partial charge >= 0.3 is 0 Å². The monoisotopic (exact) mass is 351 g/mol. The number of fused-ring (bicyclic) bond motifs is 1. The third-order valence-corrected chi connectivity index (χ3v) is 3.46. The van der Waals surface area contributed by atoms with E-state index < -0.39 is 0 Å². The van der Waals surface area contributed by atoms with Crippen LogP contribution in [0.2, 0.25) is 0 Å². The lowest BCUT2D eigenvalue weighted by Gasteiger charge is -2.13. The molecule has 0 aliphatic carbocycles. The number of hydrogen-bond acceptors (Lipinski definition) is 3. The van der Waals surface area contributed by atoms with Crippen molar-refractivity contribution in [1.29, 1.82) is 0 Å². The fourth-order valence-electron chi connectivity index (χ4n) is 2.04. The number of hydrogen-bond donors (Lipinski definition) is 1. The van der Waals surface area contributed by atoms with Crippen molar-refractivity contribution in [3.8, 4) is 5.75 Å². The number of methoxy groups -OCH3 is 1. The Kier molecular flexibility index (Phi) is 5.59. The fraction of sp³-hybridized carbons (Fsp3) is 0.312. The molecule has 4 nitrogen and oxygen atoms in total. The molecule has 2 aromatic carbocycles. The van der Waals surface area contributed by atoms with Crippen molar-refractivity contribution < 1.29 is 14.3 Å². The van der Waals surface area contributed by atoms with Gasteiger partial charge in [-0.2, -0.15) is 0 Å². The zero-order valence-corrected chi connectivity index (χ0v) is 13.6. The van der Waals surface area contributed by atoms with Crippen LogP contribution >= 0.6 is 15.9 Å². The summed E-state index contributed by atoms with van der Waals surface area (Å²) >= 11 is 3.44. The average Bonchev–Trinajstić information content (AvgIpc) is 2.45. The van der Waals surface area contributed by atoms with Crippen LogP contribution in [0.3, 0.4) is 0 Å². The van der Waals surface area contributed by atoms with Crippen molar-refractivity contribution >= 4 is 32.6 Å². The van der Waals surface area contributed by atoms with Gasteiger partial charge in [0.2, 0.25) is 0 Å². The van der Waals surface area contributed by atoms with E-state index in [1.165, 1.54) is 0 Å². The second-order valence-electron chi connectivity index (χ2n) is 4.87. The van der Waals surface area contributed by atoms with Gasteiger partial charge in [-0.3, -0.25) is 4.79 Å². The molecule has 0 saturated carbocycles. The highest BCUT2D eigenvalue weighted by molar-refractivity contribution is 9.10. The molecule has 0 radical (unpaired) electrons. The molecule has 0 aliphatic heterocycles. The number of carbonyl (C=O) groups excluding carboxylic acids is 1. The zero-order chi connectivity index (χ0) is 15.2. The van der Waals surface area contributed by atoms with Gasteiger partial charge in [-0.1, -0.05) is 28.1 Å². The van der Waals surface area contributed by atoms with E-state index in [9.17, 15) is 4.79 Å². The van der Waals surface area contributed by atoms with Crippen LogP contribution in [0.25, 0.3) is 10.8 Å². The summed E-state index contributed by atoms with van der Waals surface area (Å²) in [6.07, 6.45) is 0. The molecule has 2 rings (SSSR count). The molecular weight excluding hydrogens is 334 g/mol. The maximum atomic E-state index is 11.7. The molecular formula is C16H18BrNO3. The lowest BCUT2D eigenvalue weighted by molar-refractivity contribution is -0.124. The van der Waals surface area contributed by atoms with E-state index in [0.29, 0.717) is 12.4 Å². The number of carbonyl (C=O) groups is 1. The summed E-state index contributed by atoms with van der Waals surface area (Å²) in [5, 5.41) is 4.99. The van der Waals surface area contributed by atoms with Crippen LogP contribution in [0, 0.1) is 0 Å². The molecule has 0 heterocycles. The Balaban J connectivity index is 1.94. The topological polar surface area (TPSA) is 47.6 Å². The predicted molar refractivity (Wildman–Crippen MR) is 86.6 cm³/mol. The number of halogens is 1. The molecule has 112 valence electrons. The van der Waals surface area contributed by atoms with E-state index in [-0.39, 0.29) is 18.6 Å². The van der Waals surface area contributed by atoms with E-state index >= 15 is 0 Å². The third-order valence-electron chi connectivity index (χ3n) is 2.97. The minimum atomic E-state index is -0.157. The Morgan fingerprint density at radius 2 is 1.95 bits per heavy atom. The van der Waals surface area contributed by atoms with E-state index in [0.717, 1.165) is 15.2 Å². The molecule has 0 aliphatic rings. The molecule has 0 spiro atoms. The summed E-state index contributed by atoms with van der Waals surface area (Å²) in [5.74, 6) is 0.523. The molecule has 0 unspecified atom stereocenters. The van der Waals surface area contributed by atoms with Gasteiger partial charge < -0.3 is 14.8 Å². The Bertz CT molecular complexity index is 630. The second kappa shape index (κ2) is 7.43. The summed E-state index contributed by atoms with van der Waals surface area (Å²) in [6, 6.07) is 11.8. The Labute approximate surface area is 132 Å². The average molecular weight is 352 g/mol. The molecule has 0 fully saturated rings. The normalized spacial score (nSPS) is 12.1. The first-order valence-corrected chi connectivity index (χ1v) is 7.48. The van der Waals surface area contributed by atoms with Crippen molar-refractivity contribution in [2.75, 3.05) is 20.3 Å². The first-order valence-electron chi connectivity index (χ1n) is 6.69. The molecule has 1 atom stereocenters. The van der Waals surface area contributed by atoms with Gasteiger partial charge in [0.15, 0.2) is 6.61 Å². The lowest BCUT2D eigenvalue weighted by Crippen LogP contribution is -2.38. The summed E-state index contributed by atoms with van der Waals surface area (Å²) in [5.41, 5.74) is 0. The molecule has 1 amide bonds. The first-order chi connectivity index (χ1) is 10.1. The Morgan fingerprint density at radius 3 is 2.71 bits per heavy atom. The molecule has 0 saturated heterocycles. The van der Waals surface area contributed by atoms with Gasteiger partial charge in [0.05, 0.1) is 6.61 Å². The number of rotatable bonds is 6. The van der Waals surface area contributed by atoms with Gasteiger partial charge in [0.25, 0.3) is 5.91 Å². The maximum absolute atomic E-state index is 11.7. The fourth-order valence-corrected chi connectivity index (χ4v) is 2.42. The van der Waals surface area contributed by atoms with Crippen LogP contribution in [0.15, 0.2) is 40.9 Å². The third kappa shape index (κ3) is 4.72. The van der Waals surface area contributed by atoms with Crippen molar-refractivity contribution in [3.63, 3.8) is 0 Å². The quantitative estimate of drug-likeness (QED) is 0.869. The number of benzene rings is 2. The van der Waals surface area contributed by atoms with Crippen LogP contribution in [-0.4, -0.2) is 32.3 Å². The second-order valence-corrected chi connectivity index (χ2v) is 5.78. The van der Waals surface area contributed by atoms with Crippen molar-refractivity contribution in [2.45, 2.75) is 13.0 Å². The summed E-state index contributed by atoms with van der Waals surface area (Å²) < 4.78 is 11.5. The van der Waals surface area contributed by atoms with Crippen molar-refractivity contribution in [3.05, 3.63) is 40.9 Å². The van der Waals surface area contributed by atoms with Gasteiger partial charge in [0.1, 0.15) is 5.75 Å². The first kappa shape index (κ1) is 15.8. The highest BCUT2D eigenvalue weighted by Gasteiger charge is 2.08. The number of nitrogens with one attached hydrogen (secondary N) is 1. The number of amides is 1. The van der Waals surface area contributed by atoms with Crippen LogP contribution in [0.4, 0.5) is 0 Å². The molecule has 0 bridgehead atoms. The number of ether oxygens (including phenoxy) is 2. The smallest absolute Gasteiger partial charge is 0.258 e. The van der Waals surface area contributed by atoms with Crippen LogP contribution in [-0.2, 0) is 9.53 Å². The largest absolute Gasteiger partial charge is 0.484 e. The summed E-state index contributed by atoms with van der Waals surface area (Å²) in [4.78, 5) is 11.7. The van der Waals surface area contributed by atoms with Gasteiger partial charge in [-0.25, -0.2) is 0 Å². The SMILES string of the molecule is COC[C@@H](C)NC(=O)COc1ccc2cc(Br)ccc2c1. The van der Waals surface area contributed by atoms with Gasteiger partial charge in [-0.05, 0) is 42.0 Å². The minimum Gasteiger partial charge on any atom is -0.484 e. The summed E-state index contributed by atoms with van der Waals surface area (Å²) in [6.45, 7) is 2.36. The Hall–Kier alpha value is -1.59. The van der Waals surface area contributed by atoms with Crippen molar-refractivity contribution in [2.24, 2.45) is 0 Å². The van der Waals surface area contributed by atoms with E-state index in [4.69, 9.17) is 9.47 Å². The van der Waals surface area contributed by atoms with Crippen LogP contribution in [0.1, 0.15) is 6.92 Å². The van der Waals surface area contributed by atoms with Crippen LogP contribution in [0.5, 0.6) is 5.75 Å².